The summed E-state index contributed by atoms with van der Waals surface area (Å²) < 4.78 is 43.6. The summed E-state index contributed by atoms with van der Waals surface area (Å²) in [5, 5.41) is 2.63. The number of nitrogens with one attached hydrogen (secondary N) is 1. The maximum absolute atomic E-state index is 14.0. The van der Waals surface area contributed by atoms with Crippen molar-refractivity contribution in [3.63, 3.8) is 0 Å². The molecule has 1 aliphatic rings. The van der Waals surface area contributed by atoms with Crippen LogP contribution in [0.15, 0.2) is 36.4 Å². The molecule has 0 aliphatic carbocycles. The molecule has 0 saturated carbocycles. The first kappa shape index (κ1) is 20.8. The van der Waals surface area contributed by atoms with E-state index < -0.39 is 29.1 Å². The molecule has 0 fully saturated rings. The van der Waals surface area contributed by atoms with E-state index in [1.54, 1.807) is 13.0 Å². The Morgan fingerprint density at radius 3 is 2.52 bits per heavy atom. The van der Waals surface area contributed by atoms with E-state index in [2.05, 4.69) is 5.32 Å². The molecule has 31 heavy (non-hydrogen) atoms. The van der Waals surface area contributed by atoms with Crippen molar-refractivity contribution >= 4 is 28.2 Å². The number of esters is 1. The third-order valence-corrected chi connectivity index (χ3v) is 6.06. The molecular formula is C22H17F2NO5S. The minimum atomic E-state index is -0.994. The Kier molecular flexibility index (Phi) is 5.60. The highest BCUT2D eigenvalue weighted by atomic mass is 32.1. The lowest BCUT2D eigenvalue weighted by Gasteiger charge is -2.07. The molecule has 9 heteroatoms. The number of halogens is 2. The Morgan fingerprint density at radius 2 is 1.81 bits per heavy atom. The van der Waals surface area contributed by atoms with E-state index in [1.807, 2.05) is 12.1 Å². The lowest BCUT2D eigenvalue weighted by Crippen LogP contribution is -2.17. The van der Waals surface area contributed by atoms with E-state index in [-0.39, 0.29) is 17.4 Å². The van der Waals surface area contributed by atoms with Crippen LogP contribution in [0.25, 0.3) is 0 Å². The van der Waals surface area contributed by atoms with Crippen LogP contribution in [0.5, 0.6) is 11.5 Å². The van der Waals surface area contributed by atoms with Crippen molar-refractivity contribution < 1.29 is 32.6 Å². The van der Waals surface area contributed by atoms with Gasteiger partial charge in [0.1, 0.15) is 22.2 Å². The molecule has 0 unspecified atom stereocenters. The standard InChI is InChI=1S/C22H17F2NO5S/c1-11-17(9-12-6-7-15-16(8-12)30-10-29-15)31-21(18(11)22(27)28-2)25-20(26)19-13(23)4-3-5-14(19)24/h3-8H,9-10H2,1-2H3,(H,25,26). The summed E-state index contributed by atoms with van der Waals surface area (Å²) in [6, 6.07) is 8.66. The first-order valence-corrected chi connectivity index (χ1v) is 10.0. The van der Waals surface area contributed by atoms with Gasteiger partial charge >= 0.3 is 5.97 Å². The number of amides is 1. The van der Waals surface area contributed by atoms with Crippen LogP contribution in [0.2, 0.25) is 0 Å². The van der Waals surface area contributed by atoms with Crippen LogP contribution in [-0.2, 0) is 11.2 Å². The van der Waals surface area contributed by atoms with Crippen LogP contribution in [0.1, 0.15) is 36.7 Å². The van der Waals surface area contributed by atoms with Crippen molar-refractivity contribution in [2.24, 2.45) is 0 Å². The van der Waals surface area contributed by atoms with Gasteiger partial charge in [-0.1, -0.05) is 12.1 Å². The zero-order chi connectivity index (χ0) is 22.1. The van der Waals surface area contributed by atoms with Gasteiger partial charge in [0, 0.05) is 11.3 Å². The zero-order valence-corrected chi connectivity index (χ0v) is 17.4. The van der Waals surface area contributed by atoms with E-state index in [0.29, 0.717) is 23.5 Å². The second kappa shape index (κ2) is 8.35. The van der Waals surface area contributed by atoms with Crippen molar-refractivity contribution in [2.75, 3.05) is 19.2 Å². The van der Waals surface area contributed by atoms with Gasteiger partial charge in [0.15, 0.2) is 11.5 Å². The van der Waals surface area contributed by atoms with Crippen LogP contribution in [0, 0.1) is 18.6 Å². The van der Waals surface area contributed by atoms with E-state index in [0.717, 1.165) is 33.9 Å². The second-order valence-electron chi connectivity index (χ2n) is 6.76. The summed E-state index contributed by atoms with van der Waals surface area (Å²) in [6.07, 6.45) is 0.445. The molecule has 6 nitrogen and oxygen atoms in total. The monoisotopic (exact) mass is 445 g/mol. The lowest BCUT2D eigenvalue weighted by molar-refractivity contribution is 0.0601. The van der Waals surface area contributed by atoms with E-state index >= 15 is 0 Å². The SMILES string of the molecule is COC(=O)c1c(NC(=O)c2c(F)cccc2F)sc(Cc2ccc3c(c2)OCO3)c1C. The van der Waals surface area contributed by atoms with Gasteiger partial charge in [-0.3, -0.25) is 4.79 Å². The predicted octanol–water partition coefficient (Wildman–Crippen LogP) is 4.69. The molecule has 0 saturated heterocycles. The fourth-order valence-electron chi connectivity index (χ4n) is 3.28. The molecular weight excluding hydrogens is 428 g/mol. The second-order valence-corrected chi connectivity index (χ2v) is 7.87. The lowest BCUT2D eigenvalue weighted by atomic mass is 10.1. The Balaban J connectivity index is 1.67. The largest absolute Gasteiger partial charge is 0.465 e. The average molecular weight is 445 g/mol. The van der Waals surface area contributed by atoms with Crippen LogP contribution in [-0.4, -0.2) is 25.8 Å². The number of carbonyl (C=O) groups excluding carboxylic acids is 2. The molecule has 160 valence electrons. The van der Waals surface area contributed by atoms with Crippen molar-refractivity contribution in [3.05, 3.63) is 75.2 Å². The Labute approximate surface area is 180 Å². The first-order chi connectivity index (χ1) is 14.9. The van der Waals surface area contributed by atoms with Crippen LogP contribution < -0.4 is 14.8 Å². The van der Waals surface area contributed by atoms with E-state index in [1.165, 1.54) is 13.2 Å². The minimum absolute atomic E-state index is 0.147. The van der Waals surface area contributed by atoms with Crippen LogP contribution in [0.3, 0.4) is 0 Å². The Morgan fingerprint density at radius 1 is 1.10 bits per heavy atom. The molecule has 0 radical (unpaired) electrons. The summed E-state index contributed by atoms with van der Waals surface area (Å²) in [6.45, 7) is 1.89. The zero-order valence-electron chi connectivity index (χ0n) is 16.6. The topological polar surface area (TPSA) is 73.9 Å². The van der Waals surface area contributed by atoms with Crippen molar-refractivity contribution in [2.45, 2.75) is 13.3 Å². The number of hydrogen-bond acceptors (Lipinski definition) is 6. The number of benzene rings is 2. The summed E-state index contributed by atoms with van der Waals surface area (Å²) >= 11 is 1.14. The summed E-state index contributed by atoms with van der Waals surface area (Å²) in [5.74, 6) is -2.35. The van der Waals surface area contributed by atoms with Gasteiger partial charge in [0.05, 0.1) is 12.7 Å². The van der Waals surface area contributed by atoms with Gasteiger partial charge in [-0.15, -0.1) is 11.3 Å². The van der Waals surface area contributed by atoms with Crippen molar-refractivity contribution in [1.29, 1.82) is 0 Å². The van der Waals surface area contributed by atoms with E-state index in [4.69, 9.17) is 14.2 Å². The summed E-state index contributed by atoms with van der Waals surface area (Å²) in [7, 11) is 1.22. The molecule has 2 aromatic carbocycles. The number of ether oxygens (including phenoxy) is 3. The predicted molar refractivity (Wildman–Crippen MR) is 110 cm³/mol. The van der Waals surface area contributed by atoms with Gasteiger partial charge in [-0.25, -0.2) is 13.6 Å². The fourth-order valence-corrected chi connectivity index (χ4v) is 4.50. The van der Waals surface area contributed by atoms with Gasteiger partial charge in [-0.2, -0.15) is 0 Å². The third-order valence-electron chi connectivity index (χ3n) is 4.85. The Bertz CT molecular complexity index is 1170. The molecule has 1 aliphatic heterocycles. The highest BCUT2D eigenvalue weighted by Gasteiger charge is 2.26. The van der Waals surface area contributed by atoms with Gasteiger partial charge in [0.2, 0.25) is 6.79 Å². The number of carbonyl (C=O) groups is 2. The van der Waals surface area contributed by atoms with Gasteiger partial charge in [-0.05, 0) is 42.3 Å². The van der Waals surface area contributed by atoms with Crippen molar-refractivity contribution in [1.82, 2.24) is 0 Å². The molecule has 4 rings (SSSR count). The smallest absolute Gasteiger partial charge is 0.341 e. The number of thiophene rings is 1. The molecule has 2 heterocycles. The maximum Gasteiger partial charge on any atom is 0.341 e. The number of rotatable bonds is 5. The number of anilines is 1. The molecule has 0 atom stereocenters. The number of methoxy groups -OCH3 is 1. The number of fused-ring (bicyclic) bond motifs is 1. The fraction of sp³-hybridized carbons (Fsp3) is 0.182. The minimum Gasteiger partial charge on any atom is -0.465 e. The molecule has 1 N–H and O–H groups in total. The average Bonchev–Trinajstić information content (AvgIpc) is 3.31. The highest BCUT2D eigenvalue weighted by Crippen LogP contribution is 2.38. The molecule has 0 spiro atoms. The highest BCUT2D eigenvalue weighted by molar-refractivity contribution is 7.17. The molecule has 1 amide bonds. The van der Waals surface area contributed by atoms with Crippen LogP contribution in [0.4, 0.5) is 13.8 Å². The quantitative estimate of drug-likeness (QED) is 0.577. The van der Waals surface area contributed by atoms with E-state index in [9.17, 15) is 18.4 Å². The van der Waals surface area contributed by atoms with Gasteiger partial charge < -0.3 is 19.5 Å². The van der Waals surface area contributed by atoms with Crippen LogP contribution >= 0.6 is 11.3 Å². The molecule has 1 aromatic heterocycles. The Hall–Kier alpha value is -3.46. The maximum atomic E-state index is 14.0. The number of hydrogen-bond donors (Lipinski definition) is 1. The first-order valence-electron chi connectivity index (χ1n) is 9.23. The normalized spacial score (nSPS) is 12.0. The van der Waals surface area contributed by atoms with Crippen molar-refractivity contribution in [3.8, 4) is 11.5 Å². The summed E-state index contributed by atoms with van der Waals surface area (Å²) in [4.78, 5) is 25.7. The third kappa shape index (κ3) is 3.96. The van der Waals surface area contributed by atoms with Gasteiger partial charge in [0.25, 0.3) is 5.91 Å². The summed E-state index contributed by atoms with van der Waals surface area (Å²) in [5.41, 5.74) is 0.942. The molecule has 0 bridgehead atoms. The molecule has 3 aromatic rings.